The van der Waals surface area contributed by atoms with Crippen molar-refractivity contribution >= 4 is 26.7 Å². The minimum Gasteiger partial charge on any atom is -0.237 e. The molecule has 1 aromatic carbocycles. The highest BCUT2D eigenvalue weighted by Gasteiger charge is 2.07. The van der Waals surface area contributed by atoms with Gasteiger partial charge in [-0.05, 0) is 25.1 Å². The van der Waals surface area contributed by atoms with Gasteiger partial charge in [-0.15, -0.1) is 0 Å². The van der Waals surface area contributed by atoms with Gasteiger partial charge in [0.25, 0.3) is 0 Å². The van der Waals surface area contributed by atoms with E-state index in [2.05, 4.69) is 32.1 Å². The van der Waals surface area contributed by atoms with Gasteiger partial charge in [0.1, 0.15) is 0 Å². The number of nitrogens with zero attached hydrogens (tertiary/aromatic N) is 3. The first-order valence-corrected chi connectivity index (χ1v) is 6.11. The van der Waals surface area contributed by atoms with Gasteiger partial charge < -0.3 is 0 Å². The number of halogens is 1. The number of benzene rings is 1. The molecule has 2 heterocycles. The third-order valence-corrected chi connectivity index (χ3v) is 3.36. The van der Waals surface area contributed by atoms with E-state index in [0.717, 1.165) is 26.8 Å². The van der Waals surface area contributed by atoms with E-state index in [0.29, 0.717) is 0 Å². The smallest absolute Gasteiger partial charge is 0.161 e. The van der Waals surface area contributed by atoms with Crippen LogP contribution in [-0.4, -0.2) is 14.8 Å². The molecule has 3 aromatic rings. The molecule has 0 saturated heterocycles. The molecule has 3 nitrogen and oxygen atoms in total. The standard InChI is InChI=1S/C13H10BrN3/c1-9-6-8-17(16-9)13-11-3-2-4-12(14)10(11)5-7-15-13/h2-8H,1H3. The van der Waals surface area contributed by atoms with Crippen molar-refractivity contribution in [3.8, 4) is 5.82 Å². The van der Waals surface area contributed by atoms with Crippen LogP contribution in [0, 0.1) is 6.92 Å². The molecule has 0 N–H and O–H groups in total. The maximum atomic E-state index is 4.41. The molecule has 2 aromatic heterocycles. The average molecular weight is 288 g/mol. The zero-order chi connectivity index (χ0) is 11.8. The topological polar surface area (TPSA) is 30.7 Å². The number of pyridine rings is 1. The fraction of sp³-hybridized carbons (Fsp3) is 0.0769. The van der Waals surface area contributed by atoms with Gasteiger partial charge in [0.15, 0.2) is 5.82 Å². The number of hydrogen-bond donors (Lipinski definition) is 0. The van der Waals surface area contributed by atoms with Crippen LogP contribution in [0.1, 0.15) is 5.69 Å². The molecule has 84 valence electrons. The predicted molar refractivity (Wildman–Crippen MR) is 71.3 cm³/mol. The molecule has 17 heavy (non-hydrogen) atoms. The molecule has 3 rings (SSSR count). The highest BCUT2D eigenvalue weighted by molar-refractivity contribution is 9.10. The third-order valence-electron chi connectivity index (χ3n) is 2.67. The van der Waals surface area contributed by atoms with Gasteiger partial charge >= 0.3 is 0 Å². The molecule has 0 radical (unpaired) electrons. The Kier molecular flexibility index (Phi) is 2.44. The molecular formula is C13H10BrN3. The summed E-state index contributed by atoms with van der Waals surface area (Å²) in [5.74, 6) is 0.858. The van der Waals surface area contributed by atoms with Crippen molar-refractivity contribution in [2.24, 2.45) is 0 Å². The van der Waals surface area contributed by atoms with E-state index in [1.807, 2.05) is 42.1 Å². The van der Waals surface area contributed by atoms with Crippen molar-refractivity contribution in [2.45, 2.75) is 6.92 Å². The van der Waals surface area contributed by atoms with Crippen LogP contribution in [0.4, 0.5) is 0 Å². The second-order valence-electron chi connectivity index (χ2n) is 3.87. The number of aromatic nitrogens is 3. The lowest BCUT2D eigenvalue weighted by atomic mass is 10.1. The molecule has 0 fully saturated rings. The van der Waals surface area contributed by atoms with Gasteiger partial charge in [0.2, 0.25) is 0 Å². The molecule has 4 heteroatoms. The Morgan fingerprint density at radius 1 is 1.12 bits per heavy atom. The van der Waals surface area contributed by atoms with Gasteiger partial charge in [-0.3, -0.25) is 0 Å². The Bertz CT molecular complexity index is 688. The van der Waals surface area contributed by atoms with Gasteiger partial charge in [-0.1, -0.05) is 28.1 Å². The van der Waals surface area contributed by atoms with Crippen LogP contribution in [0.15, 0.2) is 47.2 Å². The molecule has 0 unspecified atom stereocenters. The molecule has 0 aliphatic carbocycles. The Morgan fingerprint density at radius 3 is 2.76 bits per heavy atom. The lowest BCUT2D eigenvalue weighted by Gasteiger charge is -2.06. The van der Waals surface area contributed by atoms with Gasteiger partial charge in [-0.25, -0.2) is 9.67 Å². The fourth-order valence-corrected chi connectivity index (χ4v) is 2.37. The summed E-state index contributed by atoms with van der Waals surface area (Å²) in [6.45, 7) is 1.97. The maximum absolute atomic E-state index is 4.41. The number of rotatable bonds is 1. The van der Waals surface area contributed by atoms with Crippen LogP contribution in [0.5, 0.6) is 0 Å². The van der Waals surface area contributed by atoms with Crippen LogP contribution in [-0.2, 0) is 0 Å². The minimum atomic E-state index is 0.858. The predicted octanol–water partition coefficient (Wildman–Crippen LogP) is 3.49. The lowest BCUT2D eigenvalue weighted by Crippen LogP contribution is -1.99. The third kappa shape index (κ3) is 1.74. The van der Waals surface area contributed by atoms with E-state index < -0.39 is 0 Å². The molecule has 0 atom stereocenters. The fourth-order valence-electron chi connectivity index (χ4n) is 1.87. The molecule has 0 bridgehead atoms. The summed E-state index contributed by atoms with van der Waals surface area (Å²) in [4.78, 5) is 4.41. The Hall–Kier alpha value is -1.68. The van der Waals surface area contributed by atoms with Crippen LogP contribution < -0.4 is 0 Å². The first kappa shape index (κ1) is 10.5. The normalized spacial score (nSPS) is 10.9. The summed E-state index contributed by atoms with van der Waals surface area (Å²) < 4.78 is 2.88. The highest BCUT2D eigenvalue weighted by atomic mass is 79.9. The van der Waals surface area contributed by atoms with Crippen molar-refractivity contribution in [1.82, 2.24) is 14.8 Å². The summed E-state index contributed by atoms with van der Waals surface area (Å²) in [5.41, 5.74) is 0.985. The van der Waals surface area contributed by atoms with E-state index in [1.165, 1.54) is 0 Å². The first-order valence-electron chi connectivity index (χ1n) is 5.31. The van der Waals surface area contributed by atoms with Gasteiger partial charge in [-0.2, -0.15) is 5.10 Å². The Balaban J connectivity index is 2.34. The summed E-state index contributed by atoms with van der Waals surface area (Å²) in [6.07, 6.45) is 3.73. The monoisotopic (exact) mass is 287 g/mol. The quantitative estimate of drug-likeness (QED) is 0.686. The average Bonchev–Trinajstić information content (AvgIpc) is 2.76. The summed E-state index contributed by atoms with van der Waals surface area (Å²) in [6, 6.07) is 10.1. The highest BCUT2D eigenvalue weighted by Crippen LogP contribution is 2.26. The molecule has 0 amide bonds. The summed E-state index contributed by atoms with van der Waals surface area (Å²) >= 11 is 3.55. The van der Waals surface area contributed by atoms with Crippen LogP contribution >= 0.6 is 15.9 Å². The Labute approximate surface area is 107 Å². The molecule has 0 aliphatic rings. The number of fused-ring (bicyclic) bond motifs is 1. The second-order valence-corrected chi connectivity index (χ2v) is 4.73. The van der Waals surface area contributed by atoms with Crippen molar-refractivity contribution < 1.29 is 0 Å². The van der Waals surface area contributed by atoms with Crippen LogP contribution in [0.2, 0.25) is 0 Å². The molecule has 0 saturated carbocycles. The van der Waals surface area contributed by atoms with E-state index in [1.54, 1.807) is 6.20 Å². The van der Waals surface area contributed by atoms with E-state index >= 15 is 0 Å². The van der Waals surface area contributed by atoms with Gasteiger partial charge in [0, 0.05) is 27.6 Å². The number of aryl methyl sites for hydroxylation is 1. The van der Waals surface area contributed by atoms with Crippen molar-refractivity contribution in [3.63, 3.8) is 0 Å². The SMILES string of the molecule is Cc1ccn(-c2nccc3c(Br)cccc23)n1. The number of hydrogen-bond acceptors (Lipinski definition) is 2. The first-order chi connectivity index (χ1) is 8.25. The molecule has 0 aliphatic heterocycles. The maximum Gasteiger partial charge on any atom is 0.161 e. The van der Waals surface area contributed by atoms with E-state index in [4.69, 9.17) is 0 Å². The zero-order valence-electron chi connectivity index (χ0n) is 9.26. The minimum absolute atomic E-state index is 0.858. The van der Waals surface area contributed by atoms with Crippen LogP contribution in [0.25, 0.3) is 16.6 Å². The van der Waals surface area contributed by atoms with Crippen molar-refractivity contribution in [1.29, 1.82) is 0 Å². The zero-order valence-corrected chi connectivity index (χ0v) is 10.8. The van der Waals surface area contributed by atoms with E-state index in [-0.39, 0.29) is 0 Å². The van der Waals surface area contributed by atoms with Crippen molar-refractivity contribution in [3.05, 3.63) is 52.9 Å². The van der Waals surface area contributed by atoms with Crippen LogP contribution in [0.3, 0.4) is 0 Å². The second kappa shape index (κ2) is 3.96. The summed E-state index contributed by atoms with van der Waals surface area (Å²) in [5, 5.41) is 6.63. The molecular weight excluding hydrogens is 278 g/mol. The van der Waals surface area contributed by atoms with E-state index in [9.17, 15) is 0 Å². The molecule has 0 spiro atoms. The van der Waals surface area contributed by atoms with Gasteiger partial charge in [0.05, 0.1) is 5.69 Å². The lowest BCUT2D eigenvalue weighted by molar-refractivity contribution is 0.840. The Morgan fingerprint density at radius 2 is 2.00 bits per heavy atom. The summed E-state index contributed by atoms with van der Waals surface area (Å²) in [7, 11) is 0. The largest absolute Gasteiger partial charge is 0.237 e. The van der Waals surface area contributed by atoms with Crippen molar-refractivity contribution in [2.75, 3.05) is 0 Å².